The van der Waals surface area contributed by atoms with Crippen LogP contribution in [-0.2, 0) is 0 Å². The molecular weight excluding hydrogens is 378 g/mol. The summed E-state index contributed by atoms with van der Waals surface area (Å²) in [4.78, 5) is 2.14. The molecule has 0 saturated heterocycles. The zero-order valence-corrected chi connectivity index (χ0v) is 17.7. The van der Waals surface area contributed by atoms with Crippen molar-refractivity contribution >= 4 is 27.2 Å². The Morgan fingerprint density at radius 2 is 1.10 bits per heavy atom. The molecule has 1 aliphatic rings. The van der Waals surface area contributed by atoms with Gasteiger partial charge in [-0.05, 0) is 51.4 Å². The molecule has 0 atom stereocenters. The molecule has 0 spiro atoms. The minimum absolute atomic E-state index is 0.104. The predicted octanol–water partition coefficient (Wildman–Crippen LogP) is 7.34. The molecule has 6 rings (SSSR count). The Morgan fingerprint density at radius 3 is 1.61 bits per heavy atom. The van der Waals surface area contributed by atoms with Crippen LogP contribution in [0.3, 0.4) is 0 Å². The van der Waals surface area contributed by atoms with E-state index in [0.29, 0.717) is 0 Å². The summed E-state index contributed by atoms with van der Waals surface area (Å²) in [6.07, 6.45) is 0. The van der Waals surface area contributed by atoms with Crippen LogP contribution in [0.5, 0.6) is 11.5 Å². The van der Waals surface area contributed by atoms with E-state index in [2.05, 4.69) is 116 Å². The largest absolute Gasteiger partial charge is 0.457 e. The first-order valence-electron chi connectivity index (χ1n) is 10.7. The molecule has 0 radical (unpaired) electrons. The normalized spacial score (nSPS) is 13.0. The van der Waals surface area contributed by atoms with Crippen LogP contribution in [0.15, 0.2) is 97.1 Å². The van der Waals surface area contributed by atoms with Crippen LogP contribution in [0.1, 0.15) is 22.6 Å². The van der Waals surface area contributed by atoms with Crippen LogP contribution >= 0.6 is 0 Å². The molecule has 0 aliphatic carbocycles. The van der Waals surface area contributed by atoms with Crippen LogP contribution in [0.2, 0.25) is 0 Å². The lowest BCUT2D eigenvalue weighted by Gasteiger charge is -2.31. The van der Waals surface area contributed by atoms with Gasteiger partial charge in [-0.15, -0.1) is 0 Å². The first-order valence-corrected chi connectivity index (χ1v) is 10.7. The Labute approximate surface area is 182 Å². The number of benzene rings is 5. The molecule has 0 N–H and O–H groups in total. The Hall–Kier alpha value is -3.78. The highest BCUT2D eigenvalue weighted by Crippen LogP contribution is 2.52. The molecule has 150 valence electrons. The highest BCUT2D eigenvalue weighted by atomic mass is 16.5. The number of fused-ring (bicyclic) bond motifs is 6. The molecule has 0 saturated carbocycles. The van der Waals surface area contributed by atoms with E-state index in [-0.39, 0.29) is 5.92 Å². The Morgan fingerprint density at radius 1 is 0.581 bits per heavy atom. The number of hydrogen-bond acceptors (Lipinski definition) is 2. The van der Waals surface area contributed by atoms with Crippen molar-refractivity contribution < 1.29 is 4.74 Å². The van der Waals surface area contributed by atoms with Crippen molar-refractivity contribution in [1.82, 2.24) is 0 Å². The van der Waals surface area contributed by atoms with E-state index in [4.69, 9.17) is 4.74 Å². The van der Waals surface area contributed by atoms with Crippen molar-refractivity contribution in [3.63, 3.8) is 0 Å². The molecule has 5 aromatic rings. The van der Waals surface area contributed by atoms with E-state index in [0.717, 1.165) is 11.5 Å². The van der Waals surface area contributed by atoms with E-state index in [1.807, 2.05) is 0 Å². The van der Waals surface area contributed by atoms with Gasteiger partial charge in [0.15, 0.2) is 0 Å². The average molecular weight is 402 g/mol. The third-order valence-electron chi connectivity index (χ3n) is 6.40. The van der Waals surface area contributed by atoms with E-state index in [9.17, 15) is 0 Å². The fraction of sp³-hybridized carbons (Fsp3) is 0.103. The molecule has 0 unspecified atom stereocenters. The van der Waals surface area contributed by atoms with Gasteiger partial charge in [0.2, 0.25) is 0 Å². The highest BCUT2D eigenvalue weighted by molar-refractivity contribution is 5.95. The third kappa shape index (κ3) is 2.79. The minimum Gasteiger partial charge on any atom is -0.457 e. The van der Waals surface area contributed by atoms with Gasteiger partial charge in [-0.2, -0.15) is 0 Å². The molecule has 2 heteroatoms. The Bertz CT molecular complexity index is 1350. The van der Waals surface area contributed by atoms with Gasteiger partial charge in [-0.1, -0.05) is 72.8 Å². The van der Waals surface area contributed by atoms with Crippen molar-refractivity contribution in [3.8, 4) is 11.5 Å². The average Bonchev–Trinajstić information content (AvgIpc) is 2.82. The maximum absolute atomic E-state index is 6.50. The number of nitrogens with zero attached hydrogens (tertiary/aromatic N) is 1. The standard InChI is InChI=1S/C29H23NO/c1-30(2)22-15-11-21(12-16-22)27-28-23-9-5-3-7-19(23)13-17-25(28)31-26-18-14-20-8-4-6-10-24(20)29(26)27/h3-18,27H,1-2H3. The quantitative estimate of drug-likeness (QED) is 0.301. The van der Waals surface area contributed by atoms with Crippen molar-refractivity contribution in [2.24, 2.45) is 0 Å². The van der Waals surface area contributed by atoms with E-state index in [1.54, 1.807) is 0 Å². The molecule has 0 fully saturated rings. The summed E-state index contributed by atoms with van der Waals surface area (Å²) in [5.74, 6) is 2.00. The lowest BCUT2D eigenvalue weighted by molar-refractivity contribution is 0.456. The van der Waals surface area contributed by atoms with E-state index >= 15 is 0 Å². The molecule has 1 heterocycles. The van der Waals surface area contributed by atoms with Crippen molar-refractivity contribution in [1.29, 1.82) is 0 Å². The summed E-state index contributed by atoms with van der Waals surface area (Å²) in [7, 11) is 4.16. The van der Waals surface area contributed by atoms with Crippen molar-refractivity contribution in [2.45, 2.75) is 5.92 Å². The molecule has 1 aliphatic heterocycles. The van der Waals surface area contributed by atoms with Crippen LogP contribution in [0, 0.1) is 0 Å². The van der Waals surface area contributed by atoms with Crippen LogP contribution in [-0.4, -0.2) is 14.1 Å². The fourth-order valence-electron chi connectivity index (χ4n) is 4.89. The maximum Gasteiger partial charge on any atom is 0.132 e. The van der Waals surface area contributed by atoms with Crippen LogP contribution < -0.4 is 9.64 Å². The number of hydrogen-bond donors (Lipinski definition) is 0. The van der Waals surface area contributed by atoms with Gasteiger partial charge >= 0.3 is 0 Å². The molecule has 31 heavy (non-hydrogen) atoms. The summed E-state index contributed by atoms with van der Waals surface area (Å²) in [5, 5.41) is 4.98. The molecule has 2 nitrogen and oxygen atoms in total. The summed E-state index contributed by atoms with van der Waals surface area (Å²) < 4.78 is 6.50. The van der Waals surface area contributed by atoms with Gasteiger partial charge < -0.3 is 9.64 Å². The second-order valence-corrected chi connectivity index (χ2v) is 8.42. The zero-order valence-electron chi connectivity index (χ0n) is 17.7. The Balaban J connectivity index is 1.70. The lowest BCUT2D eigenvalue weighted by Crippen LogP contribution is -2.13. The van der Waals surface area contributed by atoms with Gasteiger partial charge in [-0.3, -0.25) is 0 Å². The first kappa shape index (κ1) is 18.0. The minimum atomic E-state index is 0.104. The molecule has 5 aromatic carbocycles. The van der Waals surface area contributed by atoms with Crippen molar-refractivity contribution in [3.05, 3.63) is 114 Å². The van der Waals surface area contributed by atoms with Crippen LogP contribution in [0.25, 0.3) is 21.5 Å². The smallest absolute Gasteiger partial charge is 0.132 e. The number of rotatable bonds is 2. The number of ether oxygens (including phenoxy) is 1. The van der Waals surface area contributed by atoms with E-state index in [1.165, 1.54) is 43.9 Å². The monoisotopic (exact) mass is 401 g/mol. The lowest BCUT2D eigenvalue weighted by atomic mass is 9.78. The van der Waals surface area contributed by atoms with Crippen LogP contribution in [0.4, 0.5) is 5.69 Å². The predicted molar refractivity (Wildman–Crippen MR) is 130 cm³/mol. The second-order valence-electron chi connectivity index (χ2n) is 8.42. The molecular formula is C29H23NO. The summed E-state index contributed by atoms with van der Waals surface area (Å²) >= 11 is 0. The second kappa shape index (κ2) is 6.88. The first-order chi connectivity index (χ1) is 15.2. The summed E-state index contributed by atoms with van der Waals surface area (Å²) in [6.45, 7) is 0. The van der Waals surface area contributed by atoms with Gasteiger partial charge in [-0.25, -0.2) is 0 Å². The highest BCUT2D eigenvalue weighted by Gasteiger charge is 2.32. The van der Waals surface area contributed by atoms with Gasteiger partial charge in [0.1, 0.15) is 11.5 Å². The topological polar surface area (TPSA) is 12.5 Å². The Kier molecular flexibility index (Phi) is 4.00. The zero-order chi connectivity index (χ0) is 20.9. The summed E-state index contributed by atoms with van der Waals surface area (Å²) in [6, 6.07) is 34.7. The van der Waals surface area contributed by atoms with Crippen molar-refractivity contribution in [2.75, 3.05) is 19.0 Å². The number of anilines is 1. The third-order valence-corrected chi connectivity index (χ3v) is 6.40. The van der Waals surface area contributed by atoms with E-state index < -0.39 is 0 Å². The summed E-state index contributed by atoms with van der Waals surface area (Å²) in [5.41, 5.74) is 4.98. The SMILES string of the molecule is CN(C)c1ccc(C2c3c(ccc4ccccc34)Oc3ccc4ccccc4c32)cc1. The van der Waals surface area contributed by atoms with Gasteiger partial charge in [0, 0.05) is 36.8 Å². The molecule has 0 amide bonds. The maximum atomic E-state index is 6.50. The fourth-order valence-corrected chi connectivity index (χ4v) is 4.89. The van der Waals surface area contributed by atoms with Gasteiger partial charge in [0.25, 0.3) is 0 Å². The van der Waals surface area contributed by atoms with Gasteiger partial charge in [0.05, 0.1) is 0 Å². The molecule has 0 bridgehead atoms. The molecule has 0 aromatic heterocycles.